The molecule has 0 radical (unpaired) electrons. The molecule has 3 aromatic carbocycles. The Kier molecular flexibility index (Phi) is 5.92. The van der Waals surface area contributed by atoms with E-state index >= 15 is 0 Å². The lowest BCUT2D eigenvalue weighted by molar-refractivity contribution is -0.111. The van der Waals surface area contributed by atoms with Crippen LogP contribution in [-0.2, 0) is 14.8 Å². The second kappa shape index (κ2) is 8.97. The number of para-hydroxylation sites is 2. The largest absolute Gasteiger partial charge is 0.504 e. The van der Waals surface area contributed by atoms with Crippen molar-refractivity contribution in [2.24, 2.45) is 0 Å². The summed E-state index contributed by atoms with van der Waals surface area (Å²) in [5.74, 6) is -0.911. The van der Waals surface area contributed by atoms with Crippen molar-refractivity contribution in [1.82, 2.24) is 9.97 Å². The summed E-state index contributed by atoms with van der Waals surface area (Å²) in [5.41, 5.74) is 2.12. The molecule has 1 amide bonds. The Bertz CT molecular complexity index is 1470. The molecule has 0 aliphatic carbocycles. The number of sulfonamides is 1. The van der Waals surface area contributed by atoms with Crippen LogP contribution in [0.5, 0.6) is 11.5 Å². The van der Waals surface area contributed by atoms with Crippen LogP contribution in [0.1, 0.15) is 5.56 Å². The molecular weight excluding hydrogens is 444 g/mol. The molecule has 9 nitrogen and oxygen atoms in total. The second-order valence-electron chi connectivity index (χ2n) is 6.94. The summed E-state index contributed by atoms with van der Waals surface area (Å²) in [7, 11) is -3.90. The number of phenolic OH excluding ortho intramolecular Hbond substituents is 2. The SMILES string of the molecule is O=C(/C=C/c1ccc(O)c(O)c1)Nc1ccc(S(=O)(=O)Nc2cnc3ccccc3n2)cc1. The molecule has 4 aromatic rings. The maximum atomic E-state index is 12.7. The van der Waals surface area contributed by atoms with Gasteiger partial charge in [0.25, 0.3) is 10.0 Å². The smallest absolute Gasteiger partial charge is 0.263 e. The van der Waals surface area contributed by atoms with Crippen LogP contribution in [-0.4, -0.2) is 34.5 Å². The van der Waals surface area contributed by atoms with Crippen LogP contribution >= 0.6 is 0 Å². The summed E-state index contributed by atoms with van der Waals surface area (Å²) >= 11 is 0. The standard InChI is InChI=1S/C23H18N4O5S/c28-20-11-5-15(13-21(20)29)6-12-23(30)25-16-7-9-17(10-8-16)33(31,32)27-22-14-24-18-3-1-2-4-19(18)26-22/h1-14,28-29H,(H,25,30)(H,26,27)/b12-6+. The number of benzene rings is 3. The van der Waals surface area contributed by atoms with Gasteiger partial charge in [0, 0.05) is 11.8 Å². The minimum Gasteiger partial charge on any atom is -0.504 e. The van der Waals surface area contributed by atoms with E-state index in [1.54, 1.807) is 18.2 Å². The quantitative estimate of drug-likeness (QED) is 0.254. The van der Waals surface area contributed by atoms with E-state index in [2.05, 4.69) is 20.0 Å². The number of hydrogen-bond donors (Lipinski definition) is 4. The van der Waals surface area contributed by atoms with Gasteiger partial charge in [0.15, 0.2) is 17.3 Å². The summed E-state index contributed by atoms with van der Waals surface area (Å²) in [6, 6.07) is 16.9. The third-order valence-corrected chi connectivity index (χ3v) is 5.92. The van der Waals surface area contributed by atoms with Crippen molar-refractivity contribution < 1.29 is 23.4 Å². The lowest BCUT2D eigenvalue weighted by atomic mass is 10.2. The zero-order valence-corrected chi connectivity index (χ0v) is 17.8. The Balaban J connectivity index is 1.42. The minimum absolute atomic E-state index is 0.00873. The molecule has 0 atom stereocenters. The molecule has 0 unspecified atom stereocenters. The molecule has 33 heavy (non-hydrogen) atoms. The number of carbonyl (C=O) groups is 1. The predicted octanol–water partition coefficient (Wildman–Crippen LogP) is 3.49. The molecule has 1 aromatic heterocycles. The first-order valence-electron chi connectivity index (χ1n) is 9.66. The van der Waals surface area contributed by atoms with Gasteiger partial charge in [0.1, 0.15) is 0 Å². The van der Waals surface area contributed by atoms with Crippen LogP contribution < -0.4 is 10.0 Å². The Morgan fingerprint density at radius 2 is 1.64 bits per heavy atom. The lowest BCUT2D eigenvalue weighted by Crippen LogP contribution is -2.14. The molecule has 0 spiro atoms. The van der Waals surface area contributed by atoms with E-state index < -0.39 is 15.9 Å². The number of nitrogens with zero attached hydrogens (tertiary/aromatic N) is 2. The summed E-state index contributed by atoms with van der Waals surface area (Å²) in [4.78, 5) is 20.5. The van der Waals surface area contributed by atoms with Gasteiger partial charge in [-0.05, 0) is 60.2 Å². The molecule has 4 N–H and O–H groups in total. The van der Waals surface area contributed by atoms with Gasteiger partial charge in [-0.25, -0.2) is 13.4 Å². The van der Waals surface area contributed by atoms with Gasteiger partial charge in [0.2, 0.25) is 5.91 Å². The molecule has 0 saturated carbocycles. The minimum atomic E-state index is -3.90. The third kappa shape index (κ3) is 5.25. The van der Waals surface area contributed by atoms with Gasteiger partial charge < -0.3 is 15.5 Å². The van der Waals surface area contributed by atoms with Gasteiger partial charge in [-0.15, -0.1) is 0 Å². The molecule has 1 heterocycles. The fourth-order valence-corrected chi connectivity index (χ4v) is 3.91. The van der Waals surface area contributed by atoms with Crippen molar-refractivity contribution in [3.8, 4) is 11.5 Å². The van der Waals surface area contributed by atoms with Gasteiger partial charge in [-0.1, -0.05) is 18.2 Å². The number of rotatable bonds is 6. The van der Waals surface area contributed by atoms with Crippen molar-refractivity contribution in [3.63, 3.8) is 0 Å². The molecule has 166 valence electrons. The highest BCUT2D eigenvalue weighted by molar-refractivity contribution is 7.92. The Hall–Kier alpha value is -4.44. The molecule has 10 heteroatoms. The first-order chi connectivity index (χ1) is 15.8. The molecule has 0 aliphatic rings. The van der Waals surface area contributed by atoms with E-state index in [9.17, 15) is 23.4 Å². The predicted molar refractivity (Wildman–Crippen MR) is 124 cm³/mol. The molecular formula is C23H18N4O5S. The topological polar surface area (TPSA) is 142 Å². The van der Waals surface area contributed by atoms with E-state index in [0.717, 1.165) is 0 Å². The Labute approximate surface area is 189 Å². The molecule has 0 aliphatic heterocycles. The highest BCUT2D eigenvalue weighted by atomic mass is 32.2. The number of carbonyl (C=O) groups excluding carboxylic acids is 1. The maximum absolute atomic E-state index is 12.7. The van der Waals surface area contributed by atoms with E-state index in [1.807, 2.05) is 6.07 Å². The molecule has 4 rings (SSSR count). The number of hydrogen-bond acceptors (Lipinski definition) is 7. The number of nitrogens with one attached hydrogen (secondary N) is 2. The number of aromatic nitrogens is 2. The maximum Gasteiger partial charge on any atom is 0.263 e. The van der Waals surface area contributed by atoms with E-state index in [1.165, 1.54) is 60.8 Å². The first-order valence-corrected chi connectivity index (χ1v) is 11.1. The van der Waals surface area contributed by atoms with E-state index in [-0.39, 0.29) is 22.2 Å². The van der Waals surface area contributed by atoms with E-state index in [0.29, 0.717) is 22.3 Å². The molecule has 0 saturated heterocycles. The lowest BCUT2D eigenvalue weighted by Gasteiger charge is -2.09. The average Bonchev–Trinajstić information content (AvgIpc) is 2.80. The first kappa shape index (κ1) is 21.8. The van der Waals surface area contributed by atoms with Crippen LogP contribution in [0.4, 0.5) is 11.5 Å². The zero-order valence-electron chi connectivity index (χ0n) is 17.0. The zero-order chi connectivity index (χ0) is 23.4. The number of anilines is 2. The van der Waals surface area contributed by atoms with Crippen molar-refractivity contribution in [2.75, 3.05) is 10.0 Å². The normalized spacial score (nSPS) is 11.5. The summed E-state index contributed by atoms with van der Waals surface area (Å²) < 4.78 is 27.7. The summed E-state index contributed by atoms with van der Waals surface area (Å²) in [6.07, 6.45) is 4.05. The monoisotopic (exact) mass is 462 g/mol. The summed E-state index contributed by atoms with van der Waals surface area (Å²) in [5, 5.41) is 21.4. The van der Waals surface area contributed by atoms with Crippen LogP contribution in [0.3, 0.4) is 0 Å². The number of aromatic hydroxyl groups is 2. The van der Waals surface area contributed by atoms with Crippen LogP contribution in [0.25, 0.3) is 17.1 Å². The summed E-state index contributed by atoms with van der Waals surface area (Å²) in [6.45, 7) is 0. The molecule has 0 bridgehead atoms. The van der Waals surface area contributed by atoms with Gasteiger partial charge in [-0.2, -0.15) is 0 Å². The Morgan fingerprint density at radius 1 is 0.909 bits per heavy atom. The fourth-order valence-electron chi connectivity index (χ4n) is 2.92. The van der Waals surface area contributed by atoms with Crippen molar-refractivity contribution >= 4 is 44.5 Å². The van der Waals surface area contributed by atoms with Gasteiger partial charge >= 0.3 is 0 Å². The third-order valence-electron chi connectivity index (χ3n) is 4.55. The number of phenols is 2. The molecule has 0 fully saturated rings. The second-order valence-corrected chi connectivity index (χ2v) is 8.63. The number of fused-ring (bicyclic) bond motifs is 1. The highest BCUT2D eigenvalue weighted by Gasteiger charge is 2.15. The van der Waals surface area contributed by atoms with Crippen molar-refractivity contribution in [2.45, 2.75) is 4.90 Å². The fraction of sp³-hybridized carbons (Fsp3) is 0. The van der Waals surface area contributed by atoms with Gasteiger partial charge in [-0.3, -0.25) is 14.5 Å². The number of amides is 1. The van der Waals surface area contributed by atoms with Crippen molar-refractivity contribution in [3.05, 3.63) is 84.6 Å². The highest BCUT2D eigenvalue weighted by Crippen LogP contribution is 2.25. The average molecular weight is 462 g/mol. The van der Waals surface area contributed by atoms with E-state index in [4.69, 9.17) is 0 Å². The van der Waals surface area contributed by atoms with Crippen LogP contribution in [0.2, 0.25) is 0 Å². The van der Waals surface area contributed by atoms with Crippen molar-refractivity contribution in [1.29, 1.82) is 0 Å². The van der Waals surface area contributed by atoms with Gasteiger partial charge in [0.05, 0.1) is 22.1 Å². The Morgan fingerprint density at radius 3 is 2.36 bits per heavy atom. The van der Waals surface area contributed by atoms with Crippen LogP contribution in [0, 0.1) is 0 Å². The van der Waals surface area contributed by atoms with Crippen LogP contribution in [0.15, 0.2) is 83.9 Å².